The highest BCUT2D eigenvalue weighted by molar-refractivity contribution is 6.42. The summed E-state index contributed by atoms with van der Waals surface area (Å²) in [5.74, 6) is 0.0994. The first-order valence-corrected chi connectivity index (χ1v) is 6.91. The lowest BCUT2D eigenvalue weighted by atomic mass is 10.2. The lowest BCUT2D eigenvalue weighted by molar-refractivity contribution is -0.116. The van der Waals surface area contributed by atoms with Gasteiger partial charge in [-0.2, -0.15) is 0 Å². The Kier molecular flexibility index (Phi) is 4.86. The summed E-state index contributed by atoms with van der Waals surface area (Å²) >= 11 is 11.9. The van der Waals surface area contributed by atoms with E-state index in [-0.39, 0.29) is 12.5 Å². The van der Waals surface area contributed by atoms with Gasteiger partial charge in [0.2, 0.25) is 5.91 Å². The first-order valence-electron chi connectivity index (χ1n) is 6.16. The predicted molar refractivity (Wildman–Crippen MR) is 77.2 cm³/mol. The van der Waals surface area contributed by atoms with Crippen LogP contribution in [0.4, 0.5) is 0 Å². The Morgan fingerprint density at radius 3 is 2.89 bits per heavy atom. The fraction of sp³-hybridized carbons (Fsp3) is 0.357. The second-order valence-corrected chi connectivity index (χ2v) is 5.41. The number of rotatable bonds is 5. The highest BCUT2D eigenvalue weighted by Gasteiger charge is 2.29. The van der Waals surface area contributed by atoms with Gasteiger partial charge >= 0.3 is 0 Å². The molecule has 1 aliphatic rings. The number of aliphatic hydroxyl groups excluding tert-OH is 1. The van der Waals surface area contributed by atoms with E-state index in [0.717, 1.165) is 12.8 Å². The summed E-state index contributed by atoms with van der Waals surface area (Å²) in [6.45, 7) is 0.289. The molecule has 1 amide bonds. The summed E-state index contributed by atoms with van der Waals surface area (Å²) < 4.78 is 0. The molecule has 1 atom stereocenters. The largest absolute Gasteiger partial charge is 0.391 e. The molecule has 0 heterocycles. The molecule has 102 valence electrons. The van der Waals surface area contributed by atoms with Crippen molar-refractivity contribution in [3.8, 4) is 0 Å². The molecule has 0 radical (unpaired) electrons. The molecule has 3 nitrogen and oxygen atoms in total. The summed E-state index contributed by atoms with van der Waals surface area (Å²) in [6.07, 6.45) is 4.65. The van der Waals surface area contributed by atoms with Crippen LogP contribution in [0.3, 0.4) is 0 Å². The Labute approximate surface area is 122 Å². The summed E-state index contributed by atoms with van der Waals surface area (Å²) in [6, 6.07) is 5.23. The van der Waals surface area contributed by atoms with Gasteiger partial charge in [0.15, 0.2) is 0 Å². The second-order valence-electron chi connectivity index (χ2n) is 4.63. The maximum Gasteiger partial charge on any atom is 0.244 e. The number of carbonyl (C=O) groups excluding carboxylic acids is 1. The van der Waals surface area contributed by atoms with Crippen molar-refractivity contribution in [2.24, 2.45) is 5.92 Å². The lowest BCUT2D eigenvalue weighted by Gasteiger charge is -2.08. The quantitative estimate of drug-likeness (QED) is 0.822. The third-order valence-corrected chi connectivity index (χ3v) is 3.88. The highest BCUT2D eigenvalue weighted by atomic mass is 35.5. The van der Waals surface area contributed by atoms with Crippen molar-refractivity contribution in [2.45, 2.75) is 18.9 Å². The summed E-state index contributed by atoms with van der Waals surface area (Å²) in [5.41, 5.74) is 0.687. The zero-order valence-corrected chi connectivity index (χ0v) is 11.8. The number of benzene rings is 1. The summed E-state index contributed by atoms with van der Waals surface area (Å²) in [4.78, 5) is 11.6. The van der Waals surface area contributed by atoms with Crippen LogP contribution >= 0.6 is 23.2 Å². The maximum absolute atomic E-state index is 11.6. The van der Waals surface area contributed by atoms with Gasteiger partial charge in [-0.1, -0.05) is 35.3 Å². The van der Waals surface area contributed by atoms with Crippen LogP contribution in [0.15, 0.2) is 24.3 Å². The molecule has 1 saturated carbocycles. The van der Waals surface area contributed by atoms with E-state index >= 15 is 0 Å². The number of amides is 1. The van der Waals surface area contributed by atoms with Gasteiger partial charge in [-0.05, 0) is 36.5 Å². The van der Waals surface area contributed by atoms with Crippen LogP contribution in [0.25, 0.3) is 6.08 Å². The van der Waals surface area contributed by atoms with Gasteiger partial charge in [-0.3, -0.25) is 4.79 Å². The molecule has 1 aromatic carbocycles. The van der Waals surface area contributed by atoms with E-state index in [1.54, 1.807) is 24.3 Å². The van der Waals surface area contributed by atoms with E-state index in [1.807, 2.05) is 0 Å². The summed E-state index contributed by atoms with van der Waals surface area (Å²) in [7, 11) is 0. The van der Waals surface area contributed by atoms with Gasteiger partial charge in [0.25, 0.3) is 0 Å². The Balaban J connectivity index is 1.87. The number of hydrogen-bond acceptors (Lipinski definition) is 2. The third-order valence-electron chi connectivity index (χ3n) is 3.05. The fourth-order valence-corrected chi connectivity index (χ4v) is 2.10. The van der Waals surface area contributed by atoms with E-state index in [9.17, 15) is 9.90 Å². The molecular formula is C14H15Cl2NO2. The Bertz CT molecular complexity index is 498. The average Bonchev–Trinajstić information content (AvgIpc) is 3.22. The van der Waals surface area contributed by atoms with E-state index in [2.05, 4.69) is 5.32 Å². The average molecular weight is 300 g/mol. The molecule has 1 fully saturated rings. The van der Waals surface area contributed by atoms with Crippen LogP contribution < -0.4 is 5.32 Å². The normalized spacial score (nSPS) is 16.6. The monoisotopic (exact) mass is 299 g/mol. The molecule has 0 spiro atoms. The minimum absolute atomic E-state index is 0.254. The van der Waals surface area contributed by atoms with Gasteiger partial charge in [-0.25, -0.2) is 0 Å². The minimum atomic E-state index is -0.438. The molecule has 19 heavy (non-hydrogen) atoms. The minimum Gasteiger partial charge on any atom is -0.391 e. The van der Waals surface area contributed by atoms with Crippen molar-refractivity contribution in [3.05, 3.63) is 39.9 Å². The molecule has 2 N–H and O–H groups in total. The van der Waals surface area contributed by atoms with Crippen LogP contribution in [-0.2, 0) is 4.79 Å². The smallest absolute Gasteiger partial charge is 0.244 e. The Hall–Kier alpha value is -1.03. The Morgan fingerprint density at radius 1 is 1.47 bits per heavy atom. The number of hydrogen-bond donors (Lipinski definition) is 2. The molecule has 0 aromatic heterocycles. The molecule has 2 rings (SSSR count). The molecule has 1 unspecified atom stereocenters. The van der Waals surface area contributed by atoms with E-state index < -0.39 is 6.10 Å². The van der Waals surface area contributed by atoms with Gasteiger partial charge < -0.3 is 10.4 Å². The molecule has 1 aromatic rings. The van der Waals surface area contributed by atoms with Gasteiger partial charge in [0.05, 0.1) is 16.1 Å². The van der Waals surface area contributed by atoms with E-state index in [0.29, 0.717) is 21.5 Å². The molecule has 0 bridgehead atoms. The lowest BCUT2D eigenvalue weighted by Crippen LogP contribution is -2.31. The molecular weight excluding hydrogens is 285 g/mol. The second kappa shape index (κ2) is 6.42. The van der Waals surface area contributed by atoms with Crippen LogP contribution in [0, 0.1) is 5.92 Å². The Morgan fingerprint density at radius 2 is 2.21 bits per heavy atom. The van der Waals surface area contributed by atoms with Crippen LogP contribution in [0.2, 0.25) is 10.0 Å². The number of halogens is 2. The van der Waals surface area contributed by atoms with E-state index in [1.165, 1.54) is 6.08 Å². The van der Waals surface area contributed by atoms with Crippen molar-refractivity contribution < 1.29 is 9.90 Å². The summed E-state index contributed by atoms with van der Waals surface area (Å²) in [5, 5.41) is 13.2. The first-order chi connectivity index (χ1) is 9.08. The van der Waals surface area contributed by atoms with E-state index in [4.69, 9.17) is 23.2 Å². The van der Waals surface area contributed by atoms with Crippen LogP contribution in [0.5, 0.6) is 0 Å². The van der Waals surface area contributed by atoms with Crippen LogP contribution in [0.1, 0.15) is 18.4 Å². The van der Waals surface area contributed by atoms with Crippen molar-refractivity contribution in [3.63, 3.8) is 0 Å². The fourth-order valence-electron chi connectivity index (χ4n) is 1.73. The zero-order chi connectivity index (χ0) is 13.8. The van der Waals surface area contributed by atoms with Gasteiger partial charge in [-0.15, -0.1) is 0 Å². The van der Waals surface area contributed by atoms with Crippen molar-refractivity contribution in [1.29, 1.82) is 0 Å². The van der Waals surface area contributed by atoms with Crippen LogP contribution in [-0.4, -0.2) is 23.7 Å². The number of aliphatic hydroxyl groups is 1. The predicted octanol–water partition coefficient (Wildman–Crippen LogP) is 2.89. The van der Waals surface area contributed by atoms with Gasteiger partial charge in [0, 0.05) is 12.6 Å². The number of nitrogens with one attached hydrogen (secondary N) is 1. The molecule has 1 aliphatic carbocycles. The third kappa shape index (κ3) is 4.23. The van der Waals surface area contributed by atoms with Crippen molar-refractivity contribution in [2.75, 3.05) is 6.54 Å². The van der Waals surface area contributed by atoms with Crippen molar-refractivity contribution >= 4 is 35.2 Å². The van der Waals surface area contributed by atoms with Gasteiger partial charge in [0.1, 0.15) is 0 Å². The maximum atomic E-state index is 11.6. The first kappa shape index (κ1) is 14.4. The zero-order valence-electron chi connectivity index (χ0n) is 10.3. The van der Waals surface area contributed by atoms with Crippen molar-refractivity contribution in [1.82, 2.24) is 5.32 Å². The number of carbonyl (C=O) groups is 1. The SMILES string of the molecule is O=C(/C=C/c1cccc(Cl)c1Cl)NCC(O)C1CC1. The molecule has 0 saturated heterocycles. The standard InChI is InChI=1S/C14H15Cl2NO2/c15-11-3-1-2-10(14(11)16)6-7-13(19)17-8-12(18)9-4-5-9/h1-3,6-7,9,12,18H,4-5,8H2,(H,17,19)/b7-6+. The molecule has 0 aliphatic heterocycles. The highest BCUT2D eigenvalue weighted by Crippen LogP contribution is 2.32. The molecule has 5 heteroatoms. The topological polar surface area (TPSA) is 49.3 Å².